The molecule has 0 aliphatic carbocycles. The molecule has 2 aromatic rings. The minimum atomic E-state index is -0.187. The van der Waals surface area contributed by atoms with Gasteiger partial charge in [0.15, 0.2) is 11.5 Å². The fraction of sp³-hybridized carbons (Fsp3) is 0.316. The third kappa shape index (κ3) is 4.41. The number of nitrogens with zero attached hydrogens (tertiary/aromatic N) is 1. The maximum Gasteiger partial charge on any atom is 0.255 e. The summed E-state index contributed by atoms with van der Waals surface area (Å²) in [7, 11) is 5.51. The molecule has 0 bridgehead atoms. The molecule has 0 saturated heterocycles. The summed E-state index contributed by atoms with van der Waals surface area (Å²) in [4.78, 5) is 14.4. The van der Waals surface area contributed by atoms with Crippen molar-refractivity contribution in [1.82, 2.24) is 0 Å². The third-order valence-corrected chi connectivity index (χ3v) is 3.53. The highest BCUT2D eigenvalue weighted by Gasteiger charge is 2.11. The summed E-state index contributed by atoms with van der Waals surface area (Å²) in [6.45, 7) is 2.65. The normalized spacial score (nSPS) is 10.2. The Balaban J connectivity index is 2.11. The Bertz CT molecular complexity index is 682. The number of carbonyl (C=O) groups excluding carboxylic acids is 1. The zero-order chi connectivity index (χ0) is 17.5. The minimum Gasteiger partial charge on any atom is -0.493 e. The van der Waals surface area contributed by atoms with Gasteiger partial charge in [0.25, 0.3) is 5.91 Å². The molecule has 1 amide bonds. The smallest absolute Gasteiger partial charge is 0.255 e. The molecule has 5 nitrogen and oxygen atoms in total. The number of anilines is 2. The lowest BCUT2D eigenvalue weighted by Gasteiger charge is -2.14. The SMILES string of the molecule is CCCOc1ccc(C(=O)Nc2ccc(N(C)C)cc2)cc1OC. The van der Waals surface area contributed by atoms with E-state index in [4.69, 9.17) is 9.47 Å². The van der Waals surface area contributed by atoms with E-state index in [1.807, 2.05) is 50.2 Å². The van der Waals surface area contributed by atoms with Crippen molar-refractivity contribution in [3.8, 4) is 11.5 Å². The molecule has 0 aliphatic heterocycles. The number of hydrogen-bond acceptors (Lipinski definition) is 4. The summed E-state index contributed by atoms with van der Waals surface area (Å²) in [6.07, 6.45) is 0.911. The van der Waals surface area contributed by atoms with Crippen LogP contribution in [-0.4, -0.2) is 33.7 Å². The van der Waals surface area contributed by atoms with Gasteiger partial charge in [-0.25, -0.2) is 0 Å². The van der Waals surface area contributed by atoms with Gasteiger partial charge >= 0.3 is 0 Å². The van der Waals surface area contributed by atoms with Crippen molar-refractivity contribution in [1.29, 1.82) is 0 Å². The zero-order valence-corrected chi connectivity index (χ0v) is 14.6. The molecular formula is C19H24N2O3. The summed E-state index contributed by atoms with van der Waals surface area (Å²) in [6, 6.07) is 12.9. The van der Waals surface area contributed by atoms with Crippen LogP contribution >= 0.6 is 0 Å². The summed E-state index contributed by atoms with van der Waals surface area (Å²) in [5.74, 6) is 1.01. The van der Waals surface area contributed by atoms with Crippen molar-refractivity contribution in [3.05, 3.63) is 48.0 Å². The van der Waals surface area contributed by atoms with E-state index in [2.05, 4.69) is 5.32 Å². The monoisotopic (exact) mass is 328 g/mol. The molecule has 0 unspecified atom stereocenters. The highest BCUT2D eigenvalue weighted by Crippen LogP contribution is 2.28. The van der Waals surface area contributed by atoms with Crippen LogP contribution in [0.15, 0.2) is 42.5 Å². The average molecular weight is 328 g/mol. The first-order valence-corrected chi connectivity index (χ1v) is 7.94. The number of amides is 1. The molecule has 0 atom stereocenters. The van der Waals surface area contributed by atoms with Crippen LogP contribution in [0.1, 0.15) is 23.7 Å². The molecule has 2 aromatic carbocycles. The van der Waals surface area contributed by atoms with Crippen LogP contribution < -0.4 is 19.7 Å². The fourth-order valence-corrected chi connectivity index (χ4v) is 2.19. The predicted molar refractivity (Wildman–Crippen MR) is 97.5 cm³/mol. The number of benzene rings is 2. The molecule has 0 radical (unpaired) electrons. The lowest BCUT2D eigenvalue weighted by molar-refractivity contribution is 0.102. The number of rotatable bonds is 7. The zero-order valence-electron chi connectivity index (χ0n) is 14.6. The molecule has 0 spiro atoms. The second kappa shape index (κ2) is 8.24. The Morgan fingerprint density at radius 3 is 2.38 bits per heavy atom. The van der Waals surface area contributed by atoms with Crippen LogP contribution in [0, 0.1) is 0 Å². The van der Waals surface area contributed by atoms with Crippen molar-refractivity contribution >= 4 is 17.3 Å². The second-order valence-corrected chi connectivity index (χ2v) is 5.61. The van der Waals surface area contributed by atoms with Gasteiger partial charge in [0, 0.05) is 31.0 Å². The van der Waals surface area contributed by atoms with E-state index in [0.29, 0.717) is 23.7 Å². The maximum atomic E-state index is 12.4. The van der Waals surface area contributed by atoms with E-state index in [-0.39, 0.29) is 5.91 Å². The summed E-state index contributed by atoms with van der Waals surface area (Å²) >= 11 is 0. The largest absolute Gasteiger partial charge is 0.493 e. The van der Waals surface area contributed by atoms with Crippen LogP contribution in [-0.2, 0) is 0 Å². The summed E-state index contributed by atoms with van der Waals surface area (Å²) in [5.41, 5.74) is 2.34. The van der Waals surface area contributed by atoms with Gasteiger partial charge in [-0.05, 0) is 48.9 Å². The quantitative estimate of drug-likeness (QED) is 0.840. The van der Waals surface area contributed by atoms with Crippen molar-refractivity contribution in [2.45, 2.75) is 13.3 Å². The van der Waals surface area contributed by atoms with Crippen LogP contribution in [0.2, 0.25) is 0 Å². The molecule has 0 saturated carbocycles. The first-order valence-electron chi connectivity index (χ1n) is 7.94. The molecule has 24 heavy (non-hydrogen) atoms. The van der Waals surface area contributed by atoms with Gasteiger partial charge < -0.3 is 19.7 Å². The maximum absolute atomic E-state index is 12.4. The number of hydrogen-bond donors (Lipinski definition) is 1. The molecule has 1 N–H and O–H groups in total. The van der Waals surface area contributed by atoms with E-state index in [1.54, 1.807) is 25.3 Å². The molecule has 0 aromatic heterocycles. The number of ether oxygens (including phenoxy) is 2. The van der Waals surface area contributed by atoms with Crippen LogP contribution in [0.25, 0.3) is 0 Å². The standard InChI is InChI=1S/C19H24N2O3/c1-5-12-24-17-11-6-14(13-18(17)23-4)19(22)20-15-7-9-16(10-8-15)21(2)3/h6-11,13H,5,12H2,1-4H3,(H,20,22). The highest BCUT2D eigenvalue weighted by molar-refractivity contribution is 6.04. The van der Waals surface area contributed by atoms with Crippen molar-refractivity contribution in [2.75, 3.05) is 38.0 Å². The summed E-state index contributed by atoms with van der Waals surface area (Å²) < 4.78 is 10.9. The van der Waals surface area contributed by atoms with Gasteiger partial charge in [0.05, 0.1) is 13.7 Å². The van der Waals surface area contributed by atoms with Crippen LogP contribution in [0.4, 0.5) is 11.4 Å². The topological polar surface area (TPSA) is 50.8 Å². The summed E-state index contributed by atoms with van der Waals surface area (Å²) in [5, 5.41) is 2.88. The average Bonchev–Trinajstić information content (AvgIpc) is 2.60. The van der Waals surface area contributed by atoms with Gasteiger partial charge in [-0.2, -0.15) is 0 Å². The van der Waals surface area contributed by atoms with Gasteiger partial charge in [0.2, 0.25) is 0 Å². The van der Waals surface area contributed by atoms with E-state index in [1.165, 1.54) is 0 Å². The van der Waals surface area contributed by atoms with Gasteiger partial charge in [-0.1, -0.05) is 6.92 Å². The van der Waals surface area contributed by atoms with Crippen molar-refractivity contribution < 1.29 is 14.3 Å². The molecule has 5 heteroatoms. The molecule has 128 valence electrons. The molecular weight excluding hydrogens is 304 g/mol. The first-order chi connectivity index (χ1) is 11.5. The molecule has 2 rings (SSSR count). The second-order valence-electron chi connectivity index (χ2n) is 5.61. The Hall–Kier alpha value is -2.69. The molecule has 0 heterocycles. The Morgan fingerprint density at radius 2 is 1.79 bits per heavy atom. The fourth-order valence-electron chi connectivity index (χ4n) is 2.19. The third-order valence-electron chi connectivity index (χ3n) is 3.53. The van der Waals surface area contributed by atoms with Crippen LogP contribution in [0.5, 0.6) is 11.5 Å². The van der Waals surface area contributed by atoms with E-state index in [0.717, 1.165) is 17.8 Å². The van der Waals surface area contributed by atoms with Crippen molar-refractivity contribution in [2.24, 2.45) is 0 Å². The number of methoxy groups -OCH3 is 1. The van der Waals surface area contributed by atoms with E-state index >= 15 is 0 Å². The van der Waals surface area contributed by atoms with Gasteiger partial charge in [-0.15, -0.1) is 0 Å². The lowest BCUT2D eigenvalue weighted by Crippen LogP contribution is -2.13. The van der Waals surface area contributed by atoms with Gasteiger partial charge in [-0.3, -0.25) is 4.79 Å². The molecule has 0 aliphatic rings. The lowest BCUT2D eigenvalue weighted by atomic mass is 10.1. The number of nitrogens with one attached hydrogen (secondary N) is 1. The Kier molecular flexibility index (Phi) is 6.07. The molecule has 0 fully saturated rings. The van der Waals surface area contributed by atoms with Crippen molar-refractivity contribution in [3.63, 3.8) is 0 Å². The van der Waals surface area contributed by atoms with Crippen LogP contribution in [0.3, 0.4) is 0 Å². The van der Waals surface area contributed by atoms with Gasteiger partial charge in [0.1, 0.15) is 0 Å². The van der Waals surface area contributed by atoms with E-state index in [9.17, 15) is 4.79 Å². The Labute approximate surface area is 143 Å². The Morgan fingerprint density at radius 1 is 1.08 bits per heavy atom. The predicted octanol–water partition coefficient (Wildman–Crippen LogP) is 3.80. The highest BCUT2D eigenvalue weighted by atomic mass is 16.5. The number of carbonyl (C=O) groups is 1. The minimum absolute atomic E-state index is 0.187. The first kappa shape index (κ1) is 17.7. The van der Waals surface area contributed by atoms with E-state index < -0.39 is 0 Å².